The zero-order valence-corrected chi connectivity index (χ0v) is 13.6. The molecule has 0 spiro atoms. The third-order valence-corrected chi connectivity index (χ3v) is 2.92. The predicted molar refractivity (Wildman–Crippen MR) is 83.4 cm³/mol. The second kappa shape index (κ2) is 7.75. The lowest BCUT2D eigenvalue weighted by molar-refractivity contribution is -0.133. The zero-order valence-electron chi connectivity index (χ0n) is 12.1. The van der Waals surface area contributed by atoms with Crippen molar-refractivity contribution in [1.82, 2.24) is 15.0 Å². The first-order chi connectivity index (χ1) is 11.0. The molecule has 0 saturated carbocycles. The summed E-state index contributed by atoms with van der Waals surface area (Å²) in [5.41, 5.74) is 0.589. The first-order valence-electron chi connectivity index (χ1n) is 6.20. The van der Waals surface area contributed by atoms with E-state index in [1.165, 1.54) is 20.5 Å². The molecule has 2 aromatic rings. The Hall–Kier alpha value is -2.38. The molecule has 0 aliphatic carbocycles. The van der Waals surface area contributed by atoms with Gasteiger partial charge in [-0.3, -0.25) is 0 Å². The van der Waals surface area contributed by atoms with Gasteiger partial charge in [-0.25, -0.2) is 4.79 Å². The number of aromatic nitrogens is 3. The molecule has 0 amide bonds. The molecule has 1 aromatic heterocycles. The molecule has 0 saturated heterocycles. The summed E-state index contributed by atoms with van der Waals surface area (Å²) in [4.78, 5) is 23.2. The fraction of sp³-hybridized carbons (Fsp3) is 0.143. The number of carbonyl (C=O) groups excluding carboxylic acids is 1. The standard InChI is InChI=1S/C14H11Cl2N3O4/c1-21-7-9(11(20)22-2)8-5-3-4-6-10(8)23-14-18-12(15)17-13(16)19-14/h3-7H,1-2H3/b9-7+. The number of nitrogens with zero attached hydrogens (tertiary/aromatic N) is 3. The highest BCUT2D eigenvalue weighted by Crippen LogP contribution is 2.30. The molecule has 0 aliphatic heterocycles. The van der Waals surface area contributed by atoms with E-state index < -0.39 is 5.97 Å². The van der Waals surface area contributed by atoms with Gasteiger partial charge < -0.3 is 14.2 Å². The summed E-state index contributed by atoms with van der Waals surface area (Å²) in [7, 11) is 2.68. The van der Waals surface area contributed by atoms with Gasteiger partial charge in [0.2, 0.25) is 10.6 Å². The Morgan fingerprint density at radius 3 is 2.35 bits per heavy atom. The highest BCUT2D eigenvalue weighted by molar-refractivity contribution is 6.31. The lowest BCUT2D eigenvalue weighted by Gasteiger charge is -2.11. The number of esters is 1. The van der Waals surface area contributed by atoms with Crippen LogP contribution in [0.4, 0.5) is 0 Å². The van der Waals surface area contributed by atoms with Crippen LogP contribution in [0.3, 0.4) is 0 Å². The van der Waals surface area contributed by atoms with Crippen molar-refractivity contribution in [1.29, 1.82) is 0 Å². The summed E-state index contributed by atoms with van der Waals surface area (Å²) in [6, 6.07) is 6.60. The molecular weight excluding hydrogens is 345 g/mol. The van der Waals surface area contributed by atoms with E-state index in [4.69, 9.17) is 37.4 Å². The van der Waals surface area contributed by atoms with E-state index in [0.717, 1.165) is 0 Å². The lowest BCUT2D eigenvalue weighted by atomic mass is 10.1. The van der Waals surface area contributed by atoms with E-state index in [0.29, 0.717) is 11.3 Å². The van der Waals surface area contributed by atoms with E-state index in [1.807, 2.05) is 0 Å². The summed E-state index contributed by atoms with van der Waals surface area (Å²) in [5, 5.41) is -0.226. The Morgan fingerprint density at radius 1 is 1.09 bits per heavy atom. The molecule has 0 atom stereocenters. The third-order valence-electron chi connectivity index (χ3n) is 2.58. The van der Waals surface area contributed by atoms with E-state index >= 15 is 0 Å². The highest BCUT2D eigenvalue weighted by Gasteiger charge is 2.19. The van der Waals surface area contributed by atoms with Gasteiger partial charge in [0.15, 0.2) is 0 Å². The Morgan fingerprint density at radius 2 is 1.74 bits per heavy atom. The Bertz CT molecular complexity index is 732. The molecule has 0 bridgehead atoms. The van der Waals surface area contributed by atoms with Gasteiger partial charge in [-0.05, 0) is 29.3 Å². The van der Waals surface area contributed by atoms with Gasteiger partial charge in [-0.2, -0.15) is 15.0 Å². The largest absolute Gasteiger partial charge is 0.503 e. The van der Waals surface area contributed by atoms with Crippen LogP contribution in [0.25, 0.3) is 5.57 Å². The van der Waals surface area contributed by atoms with Crippen LogP contribution in [-0.2, 0) is 14.3 Å². The van der Waals surface area contributed by atoms with E-state index in [2.05, 4.69) is 15.0 Å². The Balaban J connectivity index is 2.44. The summed E-state index contributed by atoms with van der Waals surface area (Å²) < 4.78 is 15.2. The maximum atomic E-state index is 11.9. The fourth-order valence-electron chi connectivity index (χ4n) is 1.68. The minimum absolute atomic E-state index is 0.107. The Labute approximate surface area is 141 Å². The van der Waals surface area contributed by atoms with Crippen molar-refractivity contribution in [3.05, 3.63) is 46.7 Å². The lowest BCUT2D eigenvalue weighted by Crippen LogP contribution is -2.06. The maximum absolute atomic E-state index is 11.9. The molecule has 9 heteroatoms. The molecule has 7 nitrogen and oxygen atoms in total. The van der Waals surface area contributed by atoms with Crippen molar-refractivity contribution in [2.75, 3.05) is 14.2 Å². The van der Waals surface area contributed by atoms with Crippen LogP contribution in [0.1, 0.15) is 5.56 Å². The van der Waals surface area contributed by atoms with Crippen LogP contribution in [0, 0.1) is 0 Å². The summed E-state index contributed by atoms with van der Waals surface area (Å²) in [6.07, 6.45) is 1.25. The number of methoxy groups -OCH3 is 2. The first-order valence-corrected chi connectivity index (χ1v) is 6.96. The third kappa shape index (κ3) is 4.30. The van der Waals surface area contributed by atoms with Crippen LogP contribution in [0.15, 0.2) is 30.5 Å². The molecule has 0 N–H and O–H groups in total. The van der Waals surface area contributed by atoms with Gasteiger partial charge in [-0.15, -0.1) is 0 Å². The average molecular weight is 356 g/mol. The molecular formula is C14H11Cl2N3O4. The number of ether oxygens (including phenoxy) is 3. The van der Waals surface area contributed by atoms with E-state index in [-0.39, 0.29) is 22.2 Å². The second-order valence-electron chi connectivity index (χ2n) is 4.01. The molecule has 1 heterocycles. The van der Waals surface area contributed by atoms with Crippen molar-refractivity contribution in [3.8, 4) is 11.8 Å². The van der Waals surface area contributed by atoms with Crippen LogP contribution in [-0.4, -0.2) is 35.1 Å². The minimum atomic E-state index is -0.588. The van der Waals surface area contributed by atoms with Crippen molar-refractivity contribution < 1.29 is 19.0 Å². The van der Waals surface area contributed by atoms with Crippen LogP contribution in [0.5, 0.6) is 11.8 Å². The fourth-order valence-corrected chi connectivity index (χ4v) is 2.03. The molecule has 23 heavy (non-hydrogen) atoms. The van der Waals surface area contributed by atoms with Gasteiger partial charge in [0.1, 0.15) is 11.3 Å². The van der Waals surface area contributed by atoms with E-state index in [9.17, 15) is 4.79 Å². The normalized spacial score (nSPS) is 11.0. The summed E-state index contributed by atoms with van der Waals surface area (Å²) in [5.74, 6) is -0.297. The molecule has 0 radical (unpaired) electrons. The predicted octanol–water partition coefficient (Wildman–Crippen LogP) is 3.13. The number of hydrogen-bond acceptors (Lipinski definition) is 7. The van der Waals surface area contributed by atoms with Crippen LogP contribution in [0.2, 0.25) is 10.6 Å². The number of para-hydroxylation sites is 1. The zero-order chi connectivity index (χ0) is 16.8. The summed E-state index contributed by atoms with van der Waals surface area (Å²) >= 11 is 11.4. The molecule has 0 unspecified atom stereocenters. The van der Waals surface area contributed by atoms with Crippen molar-refractivity contribution in [2.24, 2.45) is 0 Å². The van der Waals surface area contributed by atoms with Gasteiger partial charge >= 0.3 is 12.0 Å². The van der Waals surface area contributed by atoms with Crippen molar-refractivity contribution in [3.63, 3.8) is 0 Å². The van der Waals surface area contributed by atoms with Gasteiger partial charge in [0.05, 0.1) is 20.5 Å². The number of rotatable bonds is 5. The van der Waals surface area contributed by atoms with Crippen LogP contribution < -0.4 is 4.74 Å². The SMILES string of the molecule is CO/C=C(/C(=O)OC)c1ccccc1Oc1nc(Cl)nc(Cl)n1. The Kier molecular flexibility index (Phi) is 5.72. The highest BCUT2D eigenvalue weighted by atomic mass is 35.5. The van der Waals surface area contributed by atoms with E-state index in [1.54, 1.807) is 24.3 Å². The smallest absolute Gasteiger partial charge is 0.341 e. The quantitative estimate of drug-likeness (QED) is 0.462. The molecule has 0 aliphatic rings. The number of hydrogen-bond donors (Lipinski definition) is 0. The average Bonchev–Trinajstić information content (AvgIpc) is 2.52. The monoisotopic (exact) mass is 355 g/mol. The minimum Gasteiger partial charge on any atom is -0.503 e. The summed E-state index contributed by atoms with van der Waals surface area (Å²) in [6.45, 7) is 0. The second-order valence-corrected chi connectivity index (χ2v) is 4.69. The first kappa shape index (κ1) is 17.0. The van der Waals surface area contributed by atoms with Gasteiger partial charge in [0.25, 0.3) is 0 Å². The van der Waals surface area contributed by atoms with Gasteiger partial charge in [-0.1, -0.05) is 18.2 Å². The van der Waals surface area contributed by atoms with Gasteiger partial charge in [0, 0.05) is 5.56 Å². The van der Waals surface area contributed by atoms with Crippen LogP contribution >= 0.6 is 23.2 Å². The maximum Gasteiger partial charge on any atom is 0.341 e. The number of halogens is 2. The number of benzene rings is 1. The molecule has 0 fully saturated rings. The van der Waals surface area contributed by atoms with Crippen molar-refractivity contribution in [2.45, 2.75) is 0 Å². The molecule has 2 rings (SSSR count). The number of carbonyl (C=O) groups is 1. The molecule has 120 valence electrons. The topological polar surface area (TPSA) is 83.4 Å². The van der Waals surface area contributed by atoms with Crippen molar-refractivity contribution >= 4 is 34.7 Å². The molecule has 1 aromatic carbocycles.